The highest BCUT2D eigenvalue weighted by Gasteiger charge is 2.24. The zero-order valence-electron chi connectivity index (χ0n) is 14.9. The Bertz CT molecular complexity index is 741. The summed E-state index contributed by atoms with van der Waals surface area (Å²) in [6.45, 7) is 6.95. The number of thioether (sulfide) groups is 1. The smallest absolute Gasteiger partial charge is 0.410 e. The number of para-hydroxylation sites is 1. The normalized spacial score (nSPS) is 14.4. The summed E-state index contributed by atoms with van der Waals surface area (Å²) in [5.74, 6) is 0.873. The van der Waals surface area contributed by atoms with Gasteiger partial charge in [0.2, 0.25) is 0 Å². The number of amides is 1. The number of carbonyl (C=O) groups is 1. The largest absolute Gasteiger partial charge is 0.444 e. The first-order chi connectivity index (χ1) is 11.9. The molecular weight excluding hydrogens is 332 g/mol. The van der Waals surface area contributed by atoms with Gasteiger partial charge in [-0.05, 0) is 56.7 Å². The maximum Gasteiger partial charge on any atom is 0.410 e. The van der Waals surface area contributed by atoms with Crippen molar-refractivity contribution in [3.8, 4) is 0 Å². The van der Waals surface area contributed by atoms with E-state index in [0.29, 0.717) is 13.1 Å². The van der Waals surface area contributed by atoms with Gasteiger partial charge < -0.3 is 15.0 Å². The van der Waals surface area contributed by atoms with Gasteiger partial charge in [-0.2, -0.15) is 0 Å². The topological polar surface area (TPSA) is 41.6 Å². The summed E-state index contributed by atoms with van der Waals surface area (Å²) in [5.41, 5.74) is 2.74. The maximum absolute atomic E-state index is 12.4. The van der Waals surface area contributed by atoms with Gasteiger partial charge in [-0.15, -0.1) is 11.8 Å². The second-order valence-corrected chi connectivity index (χ2v) is 8.20. The molecule has 4 nitrogen and oxygen atoms in total. The summed E-state index contributed by atoms with van der Waals surface area (Å²) in [7, 11) is 0. The highest BCUT2D eigenvalue weighted by atomic mass is 32.2. The number of hydrogen-bond donors (Lipinski definition) is 1. The molecule has 0 unspecified atom stereocenters. The van der Waals surface area contributed by atoms with Crippen molar-refractivity contribution in [1.29, 1.82) is 0 Å². The van der Waals surface area contributed by atoms with Gasteiger partial charge in [-0.3, -0.25) is 0 Å². The van der Waals surface area contributed by atoms with Crippen LogP contribution in [0.2, 0.25) is 0 Å². The van der Waals surface area contributed by atoms with Gasteiger partial charge in [-0.25, -0.2) is 4.79 Å². The van der Waals surface area contributed by atoms with Crippen LogP contribution in [0, 0.1) is 0 Å². The van der Waals surface area contributed by atoms with Crippen LogP contribution >= 0.6 is 11.8 Å². The molecule has 0 saturated heterocycles. The highest BCUT2D eigenvalue weighted by Crippen LogP contribution is 2.31. The van der Waals surface area contributed by atoms with Crippen molar-refractivity contribution in [2.75, 3.05) is 17.6 Å². The first kappa shape index (κ1) is 17.7. The van der Waals surface area contributed by atoms with Crippen molar-refractivity contribution in [3.05, 3.63) is 54.1 Å². The standard InChI is InChI=1S/C20H24N2O2S/c1-20(2,3)24-19(23)22-11-12-25-18-10-9-17(13-15(18)14-22)21-16-7-5-4-6-8-16/h4-10,13,21H,11-12,14H2,1-3H3. The van der Waals surface area contributed by atoms with Crippen LogP contribution in [0.5, 0.6) is 0 Å². The molecular formula is C20H24N2O2S. The molecule has 1 N–H and O–H groups in total. The van der Waals surface area contributed by atoms with E-state index in [4.69, 9.17) is 4.74 Å². The molecule has 5 heteroatoms. The Morgan fingerprint density at radius 1 is 1.12 bits per heavy atom. The molecule has 0 aliphatic carbocycles. The van der Waals surface area contributed by atoms with Crippen molar-refractivity contribution >= 4 is 29.2 Å². The lowest BCUT2D eigenvalue weighted by molar-refractivity contribution is 0.0247. The van der Waals surface area contributed by atoms with Crippen molar-refractivity contribution in [2.24, 2.45) is 0 Å². The summed E-state index contributed by atoms with van der Waals surface area (Å²) < 4.78 is 5.54. The van der Waals surface area contributed by atoms with E-state index in [1.54, 1.807) is 16.7 Å². The first-order valence-corrected chi connectivity index (χ1v) is 9.45. The monoisotopic (exact) mass is 356 g/mol. The van der Waals surface area contributed by atoms with Gasteiger partial charge in [0.15, 0.2) is 0 Å². The van der Waals surface area contributed by atoms with Gasteiger partial charge in [0.25, 0.3) is 0 Å². The Labute approximate surface area is 153 Å². The third-order valence-corrected chi connectivity index (χ3v) is 4.85. The second-order valence-electron chi connectivity index (χ2n) is 7.06. The van der Waals surface area contributed by atoms with Crippen LogP contribution in [-0.4, -0.2) is 28.9 Å². The van der Waals surface area contributed by atoms with E-state index in [1.807, 2.05) is 51.1 Å². The van der Waals surface area contributed by atoms with E-state index < -0.39 is 5.60 Å². The molecule has 25 heavy (non-hydrogen) atoms. The third-order valence-electron chi connectivity index (χ3n) is 3.75. The number of nitrogens with one attached hydrogen (secondary N) is 1. The molecule has 0 fully saturated rings. The lowest BCUT2D eigenvalue weighted by Crippen LogP contribution is -2.37. The average molecular weight is 356 g/mol. The van der Waals surface area contributed by atoms with Crippen LogP contribution in [0.4, 0.5) is 16.2 Å². The summed E-state index contributed by atoms with van der Waals surface area (Å²) in [5, 5.41) is 3.41. The van der Waals surface area contributed by atoms with Crippen LogP contribution < -0.4 is 5.32 Å². The minimum atomic E-state index is -0.476. The van der Waals surface area contributed by atoms with E-state index in [-0.39, 0.29) is 6.09 Å². The van der Waals surface area contributed by atoms with E-state index in [1.165, 1.54) is 4.90 Å². The number of rotatable bonds is 2. The molecule has 0 atom stereocenters. The van der Waals surface area contributed by atoms with Crippen molar-refractivity contribution in [1.82, 2.24) is 4.90 Å². The highest BCUT2D eigenvalue weighted by molar-refractivity contribution is 7.99. The van der Waals surface area contributed by atoms with Crippen LogP contribution in [0.1, 0.15) is 26.3 Å². The van der Waals surface area contributed by atoms with Crippen LogP contribution in [0.15, 0.2) is 53.4 Å². The molecule has 1 aliphatic rings. The predicted molar refractivity (Wildman–Crippen MR) is 104 cm³/mol. The summed E-state index contributed by atoms with van der Waals surface area (Å²) in [4.78, 5) is 15.4. The molecule has 0 spiro atoms. The summed E-state index contributed by atoms with van der Waals surface area (Å²) in [6, 6.07) is 16.4. The van der Waals surface area contributed by atoms with Crippen LogP contribution in [0.25, 0.3) is 0 Å². The fraction of sp³-hybridized carbons (Fsp3) is 0.350. The van der Waals surface area contributed by atoms with Crippen LogP contribution in [0.3, 0.4) is 0 Å². The molecule has 1 amide bonds. The zero-order chi connectivity index (χ0) is 17.9. The number of ether oxygens (including phenoxy) is 1. The van der Waals surface area contributed by atoms with Crippen molar-refractivity contribution in [2.45, 2.75) is 37.8 Å². The minimum absolute atomic E-state index is 0.248. The number of anilines is 2. The van der Waals surface area contributed by atoms with Gasteiger partial charge in [0.1, 0.15) is 5.60 Å². The predicted octanol–water partition coefficient (Wildman–Crippen LogP) is 5.27. The summed E-state index contributed by atoms with van der Waals surface area (Å²) in [6.07, 6.45) is -0.248. The lowest BCUT2D eigenvalue weighted by Gasteiger charge is -2.26. The Balaban J connectivity index is 1.77. The first-order valence-electron chi connectivity index (χ1n) is 8.46. The van der Waals surface area contributed by atoms with Gasteiger partial charge in [0, 0.05) is 28.6 Å². The Morgan fingerprint density at radius 2 is 1.88 bits per heavy atom. The Kier molecular flexibility index (Phi) is 5.23. The number of carbonyl (C=O) groups excluding carboxylic acids is 1. The molecule has 0 radical (unpaired) electrons. The second kappa shape index (κ2) is 7.40. The molecule has 0 aromatic heterocycles. The van der Waals surface area contributed by atoms with E-state index >= 15 is 0 Å². The molecule has 0 saturated carbocycles. The Hall–Kier alpha value is -2.14. The Morgan fingerprint density at radius 3 is 2.60 bits per heavy atom. The number of nitrogens with zero attached hydrogens (tertiary/aromatic N) is 1. The van der Waals surface area contributed by atoms with Crippen LogP contribution in [-0.2, 0) is 11.3 Å². The number of fused-ring (bicyclic) bond motifs is 1. The SMILES string of the molecule is CC(C)(C)OC(=O)N1CCSc2ccc(Nc3ccccc3)cc2C1. The molecule has 132 valence electrons. The molecule has 0 bridgehead atoms. The van der Waals surface area contributed by atoms with E-state index in [9.17, 15) is 4.79 Å². The molecule has 2 aromatic carbocycles. The molecule has 2 aromatic rings. The average Bonchev–Trinajstić information content (AvgIpc) is 2.76. The van der Waals surface area contributed by atoms with Gasteiger partial charge >= 0.3 is 6.09 Å². The quantitative estimate of drug-likeness (QED) is 0.795. The number of benzene rings is 2. The minimum Gasteiger partial charge on any atom is -0.444 e. The maximum atomic E-state index is 12.4. The fourth-order valence-electron chi connectivity index (χ4n) is 2.64. The van der Waals surface area contributed by atoms with Gasteiger partial charge in [0.05, 0.1) is 6.54 Å². The van der Waals surface area contributed by atoms with E-state index in [0.717, 1.165) is 22.7 Å². The van der Waals surface area contributed by atoms with E-state index in [2.05, 4.69) is 23.5 Å². The molecule has 1 heterocycles. The van der Waals surface area contributed by atoms with Crippen molar-refractivity contribution in [3.63, 3.8) is 0 Å². The van der Waals surface area contributed by atoms with Crippen molar-refractivity contribution < 1.29 is 9.53 Å². The number of hydrogen-bond acceptors (Lipinski definition) is 4. The fourth-order valence-corrected chi connectivity index (χ4v) is 3.65. The lowest BCUT2D eigenvalue weighted by atomic mass is 10.1. The zero-order valence-corrected chi connectivity index (χ0v) is 15.7. The van der Waals surface area contributed by atoms with Gasteiger partial charge in [-0.1, -0.05) is 18.2 Å². The summed E-state index contributed by atoms with van der Waals surface area (Å²) >= 11 is 1.79. The molecule has 1 aliphatic heterocycles. The third kappa shape index (κ3) is 4.92. The molecule has 3 rings (SSSR count).